The summed E-state index contributed by atoms with van der Waals surface area (Å²) >= 11 is 0. The van der Waals surface area contributed by atoms with Gasteiger partial charge in [-0.15, -0.1) is 0 Å². The summed E-state index contributed by atoms with van der Waals surface area (Å²) in [4.78, 5) is 4.32. The fraction of sp³-hybridized carbons (Fsp3) is 0.294. The number of hydrogen-bond acceptors (Lipinski definition) is 4. The summed E-state index contributed by atoms with van der Waals surface area (Å²) in [5.74, 6) is 0. The molecule has 108 valence electrons. The first-order valence-electron chi connectivity index (χ1n) is 6.83. The van der Waals surface area contributed by atoms with Crippen molar-refractivity contribution in [3.63, 3.8) is 0 Å². The lowest BCUT2D eigenvalue weighted by molar-refractivity contribution is 0.184. The van der Waals surface area contributed by atoms with Gasteiger partial charge in [0.1, 0.15) is 6.07 Å². The highest BCUT2D eigenvalue weighted by molar-refractivity contribution is 5.60. The van der Waals surface area contributed by atoms with Crippen LogP contribution in [0.4, 0.5) is 5.69 Å². The lowest BCUT2D eigenvalue weighted by Crippen LogP contribution is -2.06. The average Bonchev–Trinajstić information content (AvgIpc) is 2.46. The number of anilines is 1. The molecule has 0 atom stereocenters. The first kappa shape index (κ1) is 15.0. The zero-order valence-corrected chi connectivity index (χ0v) is 12.6. The van der Waals surface area contributed by atoms with Gasteiger partial charge in [-0.1, -0.05) is 24.3 Å². The third kappa shape index (κ3) is 3.59. The van der Waals surface area contributed by atoms with Crippen LogP contribution in [0.1, 0.15) is 28.1 Å². The molecule has 1 N–H and O–H groups in total. The van der Waals surface area contributed by atoms with Crippen LogP contribution in [0.5, 0.6) is 0 Å². The highest BCUT2D eigenvalue weighted by Crippen LogP contribution is 2.20. The number of methoxy groups -OCH3 is 1. The third-order valence-electron chi connectivity index (χ3n) is 3.33. The van der Waals surface area contributed by atoms with Crippen molar-refractivity contribution in [2.24, 2.45) is 0 Å². The van der Waals surface area contributed by atoms with E-state index in [9.17, 15) is 5.26 Å². The number of nitrogens with one attached hydrogen (secondary N) is 1. The van der Waals surface area contributed by atoms with E-state index in [2.05, 4.69) is 28.5 Å². The zero-order chi connectivity index (χ0) is 15.2. The number of rotatable bonds is 5. The molecule has 4 nitrogen and oxygen atoms in total. The Kier molecular flexibility index (Phi) is 4.91. The summed E-state index contributed by atoms with van der Waals surface area (Å²) < 4.78 is 5.21. The minimum atomic E-state index is 0.581. The number of aromatic nitrogens is 1. The molecule has 0 unspecified atom stereocenters. The number of pyridine rings is 1. The third-order valence-corrected chi connectivity index (χ3v) is 3.33. The fourth-order valence-electron chi connectivity index (χ4n) is 2.33. The molecule has 1 aromatic carbocycles. The van der Waals surface area contributed by atoms with E-state index in [1.54, 1.807) is 7.11 Å². The molecule has 0 amide bonds. The maximum Gasteiger partial charge on any atom is 0.103 e. The topological polar surface area (TPSA) is 57.9 Å². The Bertz CT molecular complexity index is 674. The van der Waals surface area contributed by atoms with Crippen molar-refractivity contribution in [2.75, 3.05) is 12.4 Å². The van der Waals surface area contributed by atoms with Crippen molar-refractivity contribution in [1.82, 2.24) is 4.98 Å². The van der Waals surface area contributed by atoms with Gasteiger partial charge in [0.05, 0.1) is 23.6 Å². The first-order chi connectivity index (χ1) is 10.2. The van der Waals surface area contributed by atoms with Crippen molar-refractivity contribution < 1.29 is 4.74 Å². The summed E-state index contributed by atoms with van der Waals surface area (Å²) in [5, 5.41) is 12.6. The van der Waals surface area contributed by atoms with Crippen LogP contribution >= 0.6 is 0 Å². The number of ether oxygens (including phenoxy) is 1. The minimum absolute atomic E-state index is 0.581. The van der Waals surface area contributed by atoms with Crippen molar-refractivity contribution in [2.45, 2.75) is 27.0 Å². The van der Waals surface area contributed by atoms with E-state index in [-0.39, 0.29) is 0 Å². The molecule has 21 heavy (non-hydrogen) atoms. The van der Waals surface area contributed by atoms with Crippen LogP contribution in [0, 0.1) is 25.2 Å². The van der Waals surface area contributed by atoms with Gasteiger partial charge in [-0.2, -0.15) is 5.26 Å². The minimum Gasteiger partial charge on any atom is -0.380 e. The SMILES string of the molecule is COCc1ccccc1CNc1cc(C)nc(C)c1C#N. The monoisotopic (exact) mass is 281 g/mol. The van der Waals surface area contributed by atoms with Gasteiger partial charge in [-0.05, 0) is 31.0 Å². The summed E-state index contributed by atoms with van der Waals surface area (Å²) in [6.45, 7) is 5.02. The van der Waals surface area contributed by atoms with Crippen LogP contribution in [-0.2, 0) is 17.9 Å². The van der Waals surface area contributed by atoms with Gasteiger partial charge < -0.3 is 10.1 Å². The van der Waals surface area contributed by atoms with Gasteiger partial charge in [0.15, 0.2) is 0 Å². The van der Waals surface area contributed by atoms with Crippen molar-refractivity contribution in [1.29, 1.82) is 5.26 Å². The van der Waals surface area contributed by atoms with Crippen LogP contribution in [0.3, 0.4) is 0 Å². The molecule has 0 spiro atoms. The van der Waals surface area contributed by atoms with Crippen LogP contribution < -0.4 is 5.32 Å². The molecule has 0 aliphatic heterocycles. The highest BCUT2D eigenvalue weighted by Gasteiger charge is 2.08. The smallest absolute Gasteiger partial charge is 0.103 e. The van der Waals surface area contributed by atoms with Crippen LogP contribution in [0.15, 0.2) is 30.3 Å². The number of aryl methyl sites for hydroxylation is 2. The highest BCUT2D eigenvalue weighted by atomic mass is 16.5. The Morgan fingerprint density at radius 1 is 1.24 bits per heavy atom. The number of benzene rings is 1. The summed E-state index contributed by atoms with van der Waals surface area (Å²) in [6.07, 6.45) is 0. The Hall–Kier alpha value is -2.38. The maximum atomic E-state index is 9.28. The average molecular weight is 281 g/mol. The Morgan fingerprint density at radius 3 is 2.62 bits per heavy atom. The molecule has 1 heterocycles. The van der Waals surface area contributed by atoms with Gasteiger partial charge in [-0.25, -0.2) is 0 Å². The van der Waals surface area contributed by atoms with Crippen molar-refractivity contribution in [3.8, 4) is 6.07 Å². The van der Waals surface area contributed by atoms with Gasteiger partial charge in [0.2, 0.25) is 0 Å². The second-order valence-corrected chi connectivity index (χ2v) is 4.94. The molecular formula is C17H19N3O. The van der Waals surface area contributed by atoms with E-state index in [0.717, 1.165) is 28.2 Å². The lowest BCUT2D eigenvalue weighted by atomic mass is 10.1. The predicted molar refractivity (Wildman–Crippen MR) is 82.9 cm³/mol. The van der Waals surface area contributed by atoms with E-state index < -0.39 is 0 Å². The molecule has 0 saturated heterocycles. The Balaban J connectivity index is 2.23. The quantitative estimate of drug-likeness (QED) is 0.913. The van der Waals surface area contributed by atoms with E-state index in [0.29, 0.717) is 18.7 Å². The molecule has 0 saturated carbocycles. The largest absolute Gasteiger partial charge is 0.380 e. The number of hydrogen-bond donors (Lipinski definition) is 1. The fourth-order valence-corrected chi connectivity index (χ4v) is 2.33. The molecule has 0 bridgehead atoms. The second-order valence-electron chi connectivity index (χ2n) is 4.94. The zero-order valence-electron chi connectivity index (χ0n) is 12.6. The Labute approximate surface area is 125 Å². The normalized spacial score (nSPS) is 10.2. The van der Waals surface area contributed by atoms with E-state index in [1.165, 1.54) is 0 Å². The molecule has 0 radical (unpaired) electrons. The Morgan fingerprint density at radius 2 is 1.95 bits per heavy atom. The standard InChI is InChI=1S/C17H19N3O/c1-12-8-17(16(9-18)13(2)20-12)19-10-14-6-4-5-7-15(14)11-21-3/h4-8H,10-11H2,1-3H3,(H,19,20). The van der Waals surface area contributed by atoms with Crippen LogP contribution in [-0.4, -0.2) is 12.1 Å². The predicted octanol–water partition coefficient (Wildman–Crippen LogP) is 3.33. The molecule has 2 aromatic rings. The van der Waals surface area contributed by atoms with Gasteiger partial charge in [0.25, 0.3) is 0 Å². The number of nitrogens with zero attached hydrogens (tertiary/aromatic N) is 2. The van der Waals surface area contributed by atoms with Crippen molar-refractivity contribution in [3.05, 3.63) is 58.4 Å². The number of nitriles is 1. The summed E-state index contributed by atoms with van der Waals surface area (Å²) in [5.41, 5.74) is 5.40. The molecule has 1 aromatic heterocycles. The van der Waals surface area contributed by atoms with Gasteiger partial charge in [-0.3, -0.25) is 4.98 Å². The molecule has 0 aliphatic rings. The molecule has 0 fully saturated rings. The summed E-state index contributed by atoms with van der Waals surface area (Å²) in [7, 11) is 1.69. The van der Waals surface area contributed by atoms with E-state index in [1.807, 2.05) is 32.0 Å². The van der Waals surface area contributed by atoms with Gasteiger partial charge in [0, 0.05) is 19.3 Å². The maximum absolute atomic E-state index is 9.28. The van der Waals surface area contributed by atoms with E-state index in [4.69, 9.17) is 4.74 Å². The molecule has 4 heteroatoms. The van der Waals surface area contributed by atoms with Crippen molar-refractivity contribution >= 4 is 5.69 Å². The molecule has 2 rings (SSSR count). The lowest BCUT2D eigenvalue weighted by Gasteiger charge is -2.13. The second kappa shape index (κ2) is 6.87. The van der Waals surface area contributed by atoms with Gasteiger partial charge >= 0.3 is 0 Å². The molecular weight excluding hydrogens is 262 g/mol. The van der Waals surface area contributed by atoms with Crippen LogP contribution in [0.25, 0.3) is 0 Å². The van der Waals surface area contributed by atoms with E-state index >= 15 is 0 Å². The molecule has 0 aliphatic carbocycles. The first-order valence-corrected chi connectivity index (χ1v) is 6.83. The van der Waals surface area contributed by atoms with Crippen LogP contribution in [0.2, 0.25) is 0 Å². The summed E-state index contributed by atoms with van der Waals surface area (Å²) in [6, 6.07) is 12.2.